The van der Waals surface area contributed by atoms with Gasteiger partial charge in [0.25, 0.3) is 5.56 Å². The zero-order chi connectivity index (χ0) is 15.0. The molecule has 0 aliphatic rings. The van der Waals surface area contributed by atoms with E-state index in [9.17, 15) is 4.79 Å². The Balaban J connectivity index is 2.12. The van der Waals surface area contributed by atoms with Crippen LogP contribution in [0.4, 0.5) is 0 Å². The molecule has 0 atom stereocenters. The number of hydrogen-bond donors (Lipinski definition) is 3. The molecule has 0 amide bonds. The molecule has 2 heterocycles. The van der Waals surface area contributed by atoms with E-state index in [2.05, 4.69) is 9.97 Å². The molecule has 0 saturated heterocycles. The van der Waals surface area contributed by atoms with E-state index in [0.717, 1.165) is 16.6 Å². The average Bonchev–Trinajstić information content (AvgIpc) is 2.95. The van der Waals surface area contributed by atoms with Crippen LogP contribution in [0, 0.1) is 4.77 Å². The molecule has 0 aliphatic carbocycles. The Kier molecular flexibility index (Phi) is 3.67. The van der Waals surface area contributed by atoms with E-state index in [1.807, 2.05) is 28.8 Å². The number of nitrogens with one attached hydrogen (secondary N) is 2. The van der Waals surface area contributed by atoms with Crippen LogP contribution in [0.1, 0.15) is 11.1 Å². The van der Waals surface area contributed by atoms with Crippen LogP contribution in [0.5, 0.6) is 0 Å². The van der Waals surface area contributed by atoms with E-state index < -0.39 is 0 Å². The zero-order valence-electron chi connectivity index (χ0n) is 11.0. The lowest BCUT2D eigenvalue weighted by Crippen LogP contribution is -2.14. The Morgan fingerprint density at radius 2 is 2.14 bits per heavy atom. The third-order valence-corrected chi connectivity index (χ3v) is 4.07. The number of fused-ring (bicyclic) bond motifs is 1. The summed E-state index contributed by atoms with van der Waals surface area (Å²) in [5.41, 5.74) is 8.65. The lowest BCUT2D eigenvalue weighted by Gasteiger charge is -2.10. The van der Waals surface area contributed by atoms with Crippen LogP contribution < -0.4 is 11.3 Å². The molecule has 4 N–H and O–H groups in total. The van der Waals surface area contributed by atoms with Gasteiger partial charge in [0.05, 0.1) is 12.1 Å². The monoisotopic (exact) mass is 320 g/mol. The Morgan fingerprint density at radius 3 is 2.90 bits per heavy atom. The lowest BCUT2D eigenvalue weighted by atomic mass is 10.1. The van der Waals surface area contributed by atoms with E-state index in [0.29, 0.717) is 28.4 Å². The molecule has 0 spiro atoms. The number of nitrogens with two attached hydrogens (primary N) is 1. The zero-order valence-corrected chi connectivity index (χ0v) is 12.6. The fourth-order valence-corrected chi connectivity index (χ4v) is 2.78. The second-order valence-corrected chi connectivity index (χ2v) is 5.51. The molecule has 1 aromatic carbocycles. The van der Waals surface area contributed by atoms with Gasteiger partial charge in [-0.1, -0.05) is 23.7 Å². The normalized spacial score (nSPS) is 11.1. The van der Waals surface area contributed by atoms with E-state index >= 15 is 0 Å². The first-order chi connectivity index (χ1) is 10.1. The first-order valence-electron chi connectivity index (χ1n) is 6.37. The van der Waals surface area contributed by atoms with Crippen LogP contribution in [0.3, 0.4) is 0 Å². The van der Waals surface area contributed by atoms with Crippen LogP contribution >= 0.6 is 23.8 Å². The molecule has 0 radical (unpaired) electrons. The molecule has 108 valence electrons. The van der Waals surface area contributed by atoms with E-state index in [1.54, 1.807) is 6.20 Å². The third kappa shape index (κ3) is 2.53. The van der Waals surface area contributed by atoms with Gasteiger partial charge in [0, 0.05) is 17.8 Å². The first-order valence-corrected chi connectivity index (χ1v) is 7.16. The molecular weight excluding hydrogens is 308 g/mol. The summed E-state index contributed by atoms with van der Waals surface area (Å²) in [6, 6.07) is 7.53. The van der Waals surface area contributed by atoms with Gasteiger partial charge in [-0.15, -0.1) is 0 Å². The van der Waals surface area contributed by atoms with E-state index in [-0.39, 0.29) is 5.56 Å². The van der Waals surface area contributed by atoms with Crippen molar-refractivity contribution in [2.24, 2.45) is 5.73 Å². The number of rotatable bonds is 3. The summed E-state index contributed by atoms with van der Waals surface area (Å²) in [7, 11) is 0. The average molecular weight is 321 g/mol. The summed E-state index contributed by atoms with van der Waals surface area (Å²) in [5.74, 6) is 0. The van der Waals surface area contributed by atoms with Crippen LogP contribution in [0.2, 0.25) is 5.02 Å². The van der Waals surface area contributed by atoms with Crippen LogP contribution in [-0.4, -0.2) is 14.5 Å². The van der Waals surface area contributed by atoms with Gasteiger partial charge in [0.1, 0.15) is 5.52 Å². The van der Waals surface area contributed by atoms with Gasteiger partial charge < -0.3 is 15.3 Å². The number of aromatic amines is 2. The van der Waals surface area contributed by atoms with Gasteiger partial charge in [0.2, 0.25) is 0 Å². The quantitative estimate of drug-likeness (QED) is 0.649. The Labute approximate surface area is 130 Å². The highest BCUT2D eigenvalue weighted by atomic mass is 35.5. The van der Waals surface area contributed by atoms with Crippen molar-refractivity contribution in [3.8, 4) is 0 Å². The van der Waals surface area contributed by atoms with Crippen molar-refractivity contribution in [1.82, 2.24) is 14.5 Å². The van der Waals surface area contributed by atoms with Crippen molar-refractivity contribution >= 4 is 34.9 Å². The lowest BCUT2D eigenvalue weighted by molar-refractivity contribution is 0.781. The van der Waals surface area contributed by atoms with Crippen molar-refractivity contribution < 1.29 is 0 Å². The van der Waals surface area contributed by atoms with Gasteiger partial charge in [-0.2, -0.15) is 0 Å². The molecule has 0 unspecified atom stereocenters. The topological polar surface area (TPSA) is 79.6 Å². The molecule has 7 heteroatoms. The standard InChI is InChI=1S/C14H13ClN4OS/c15-10-2-1-8(5-9(10)6-16)7-19-11-3-4-17-12(11)13(20)18-14(19)21/h1-5,17H,6-7,16H2,(H,18,20,21). The summed E-state index contributed by atoms with van der Waals surface area (Å²) in [6.45, 7) is 0.914. The molecule has 0 fully saturated rings. The minimum atomic E-state index is -0.213. The number of benzene rings is 1. The molecular formula is C14H13ClN4OS. The highest BCUT2D eigenvalue weighted by Gasteiger charge is 2.08. The Hall–Kier alpha value is -1.89. The second-order valence-electron chi connectivity index (χ2n) is 4.71. The second kappa shape index (κ2) is 5.48. The molecule has 0 bridgehead atoms. The van der Waals surface area contributed by atoms with Gasteiger partial charge in [-0.25, -0.2) is 0 Å². The van der Waals surface area contributed by atoms with Gasteiger partial charge in [-0.05, 0) is 35.5 Å². The highest BCUT2D eigenvalue weighted by Crippen LogP contribution is 2.19. The first kappa shape index (κ1) is 14.1. The SMILES string of the molecule is NCc1cc(Cn2c(=S)[nH]c(=O)c3[nH]ccc32)ccc1Cl. The molecule has 0 saturated carbocycles. The van der Waals surface area contributed by atoms with Gasteiger partial charge in [0.15, 0.2) is 4.77 Å². The maximum atomic E-state index is 11.8. The summed E-state index contributed by atoms with van der Waals surface area (Å²) in [6.07, 6.45) is 1.72. The minimum Gasteiger partial charge on any atom is -0.355 e. The van der Waals surface area contributed by atoms with Gasteiger partial charge in [-0.3, -0.25) is 9.78 Å². The molecule has 5 nitrogen and oxygen atoms in total. The summed E-state index contributed by atoms with van der Waals surface area (Å²) in [4.78, 5) is 17.4. The number of hydrogen-bond acceptors (Lipinski definition) is 3. The van der Waals surface area contributed by atoms with Crippen molar-refractivity contribution in [1.29, 1.82) is 0 Å². The largest absolute Gasteiger partial charge is 0.355 e. The van der Waals surface area contributed by atoms with Crippen molar-refractivity contribution in [3.05, 3.63) is 61.7 Å². The minimum absolute atomic E-state index is 0.213. The van der Waals surface area contributed by atoms with E-state index in [1.165, 1.54) is 0 Å². The Morgan fingerprint density at radius 1 is 1.33 bits per heavy atom. The van der Waals surface area contributed by atoms with Crippen LogP contribution in [0.15, 0.2) is 35.3 Å². The summed E-state index contributed by atoms with van der Waals surface area (Å²) in [5, 5.41) is 0.651. The molecule has 0 aliphatic heterocycles. The highest BCUT2D eigenvalue weighted by molar-refractivity contribution is 7.71. The number of aromatic nitrogens is 3. The maximum absolute atomic E-state index is 11.8. The third-order valence-electron chi connectivity index (χ3n) is 3.38. The number of H-pyrrole nitrogens is 2. The van der Waals surface area contributed by atoms with Gasteiger partial charge >= 0.3 is 0 Å². The Bertz CT molecular complexity index is 925. The molecule has 3 rings (SSSR count). The summed E-state index contributed by atoms with van der Waals surface area (Å²) >= 11 is 11.3. The fourth-order valence-electron chi connectivity index (χ4n) is 2.33. The van der Waals surface area contributed by atoms with E-state index in [4.69, 9.17) is 29.6 Å². The van der Waals surface area contributed by atoms with Crippen LogP contribution in [-0.2, 0) is 13.1 Å². The maximum Gasteiger partial charge on any atom is 0.276 e. The number of halogens is 1. The number of nitrogens with zero attached hydrogens (tertiary/aromatic N) is 1. The molecule has 3 aromatic rings. The van der Waals surface area contributed by atoms with Crippen molar-refractivity contribution in [2.45, 2.75) is 13.1 Å². The van der Waals surface area contributed by atoms with Crippen molar-refractivity contribution in [3.63, 3.8) is 0 Å². The predicted octanol–water partition coefficient (Wildman–Crippen LogP) is 2.55. The molecule has 21 heavy (non-hydrogen) atoms. The fraction of sp³-hybridized carbons (Fsp3) is 0.143. The predicted molar refractivity (Wildman–Crippen MR) is 86.2 cm³/mol. The smallest absolute Gasteiger partial charge is 0.276 e. The van der Waals surface area contributed by atoms with Crippen LogP contribution in [0.25, 0.3) is 11.0 Å². The summed E-state index contributed by atoms with van der Waals surface area (Å²) < 4.78 is 2.25. The van der Waals surface area contributed by atoms with Crippen molar-refractivity contribution in [2.75, 3.05) is 0 Å². The molecule has 2 aromatic heterocycles.